The van der Waals surface area contributed by atoms with Crippen LogP contribution in [0.4, 0.5) is 0 Å². The average molecular weight is 465 g/mol. The van der Waals surface area contributed by atoms with Crippen molar-refractivity contribution in [1.82, 2.24) is 0 Å². The van der Waals surface area contributed by atoms with Crippen molar-refractivity contribution in [2.45, 2.75) is 118 Å². The first-order valence-electron chi connectivity index (χ1n) is 12.8. The first-order chi connectivity index (χ1) is 14.9. The Morgan fingerprint density at radius 1 is 0.750 bits per heavy atom. The molecule has 0 aliphatic rings. The van der Waals surface area contributed by atoms with E-state index in [0.29, 0.717) is 16.7 Å². The summed E-state index contributed by atoms with van der Waals surface area (Å²) in [4.78, 5) is -0.460. The highest BCUT2D eigenvalue weighted by Gasteiger charge is 2.19. The van der Waals surface area contributed by atoms with Crippen LogP contribution in [0.15, 0.2) is 6.08 Å². The molecule has 0 spiro atoms. The molecule has 0 bridgehead atoms. The number of halogens is 1. The average Bonchev–Trinajstić information content (AvgIpc) is 2.70. The van der Waals surface area contributed by atoms with Crippen LogP contribution in [-0.4, -0.2) is 15.1 Å². The monoisotopic (exact) mass is 464 g/mol. The van der Waals surface area contributed by atoms with E-state index in [4.69, 9.17) is 11.6 Å². The van der Waals surface area contributed by atoms with E-state index in [2.05, 4.69) is 27.7 Å². The molecule has 1 rings (SSSR count). The molecule has 3 heteroatoms. The van der Waals surface area contributed by atoms with Gasteiger partial charge in [-0.1, -0.05) is 91.2 Å². The van der Waals surface area contributed by atoms with Gasteiger partial charge in [0.05, 0.1) is 4.87 Å². The van der Waals surface area contributed by atoms with E-state index in [0.717, 1.165) is 36.2 Å². The third kappa shape index (κ3) is 9.77. The van der Waals surface area contributed by atoms with E-state index < -0.39 is 4.87 Å². The Balaban J connectivity index is 2.44. The van der Waals surface area contributed by atoms with Crippen LogP contribution < -0.4 is 0 Å². The Labute approximate surface area is 203 Å². The predicted octanol–water partition coefficient (Wildman–Crippen LogP) is 9.47. The number of phenols is 2. The zero-order valence-electron chi connectivity index (χ0n) is 22.0. The SMILES string of the molecule is Cc1c(C)c(O)c(C=CC(C)(Cl)CCCC(C)CCCC(C)CCCC(C)C)c(C)c1O. The van der Waals surface area contributed by atoms with E-state index in [1.54, 1.807) is 0 Å². The van der Waals surface area contributed by atoms with Crippen molar-refractivity contribution in [3.05, 3.63) is 28.3 Å². The van der Waals surface area contributed by atoms with Gasteiger partial charge in [0.15, 0.2) is 0 Å². The minimum Gasteiger partial charge on any atom is -0.507 e. The fourth-order valence-corrected chi connectivity index (χ4v) is 4.66. The number of rotatable bonds is 14. The fourth-order valence-electron chi connectivity index (χ4n) is 4.46. The molecule has 184 valence electrons. The van der Waals surface area contributed by atoms with Crippen molar-refractivity contribution < 1.29 is 10.2 Å². The molecule has 2 N–H and O–H groups in total. The molecule has 0 aliphatic carbocycles. The fraction of sp³-hybridized carbons (Fsp3) is 0.724. The van der Waals surface area contributed by atoms with Gasteiger partial charge < -0.3 is 10.2 Å². The Bertz CT molecular complexity index is 704. The summed E-state index contributed by atoms with van der Waals surface area (Å²) in [5.41, 5.74) is 2.80. The largest absolute Gasteiger partial charge is 0.507 e. The van der Waals surface area contributed by atoms with Gasteiger partial charge in [0.25, 0.3) is 0 Å². The Hall–Kier alpha value is -1.15. The van der Waals surface area contributed by atoms with E-state index in [1.807, 2.05) is 39.8 Å². The summed E-state index contributed by atoms with van der Waals surface area (Å²) < 4.78 is 0. The Morgan fingerprint density at radius 2 is 1.22 bits per heavy atom. The normalized spacial score (nSPS) is 15.9. The summed E-state index contributed by atoms with van der Waals surface area (Å²) in [5.74, 6) is 2.89. The molecule has 1 aromatic rings. The van der Waals surface area contributed by atoms with Gasteiger partial charge in [0.1, 0.15) is 11.5 Å². The number of hydrogen-bond acceptors (Lipinski definition) is 2. The summed E-state index contributed by atoms with van der Waals surface area (Å²) >= 11 is 6.77. The lowest BCUT2D eigenvalue weighted by molar-refractivity contribution is 0.385. The molecule has 0 saturated carbocycles. The lowest BCUT2D eigenvalue weighted by Crippen LogP contribution is -2.13. The van der Waals surface area contributed by atoms with Crippen LogP contribution in [0, 0.1) is 38.5 Å². The van der Waals surface area contributed by atoms with Crippen molar-refractivity contribution in [3.8, 4) is 11.5 Å². The maximum Gasteiger partial charge on any atom is 0.126 e. The summed E-state index contributed by atoms with van der Waals surface area (Å²) in [5, 5.41) is 20.8. The van der Waals surface area contributed by atoms with Gasteiger partial charge >= 0.3 is 0 Å². The molecule has 0 aliphatic heterocycles. The molecule has 3 unspecified atom stereocenters. The minimum absolute atomic E-state index is 0.230. The quantitative estimate of drug-likeness (QED) is 0.212. The smallest absolute Gasteiger partial charge is 0.126 e. The van der Waals surface area contributed by atoms with Crippen molar-refractivity contribution in [2.24, 2.45) is 17.8 Å². The lowest BCUT2D eigenvalue weighted by atomic mass is 9.90. The molecule has 0 radical (unpaired) electrons. The second-order valence-electron chi connectivity index (χ2n) is 11.0. The van der Waals surface area contributed by atoms with Gasteiger partial charge in [-0.05, 0) is 63.0 Å². The number of phenolic OH excluding ortho intramolecular Hbond substituents is 2. The third-order valence-corrected chi connectivity index (χ3v) is 7.43. The highest BCUT2D eigenvalue weighted by Crippen LogP contribution is 2.38. The van der Waals surface area contributed by atoms with Gasteiger partial charge in [-0.25, -0.2) is 0 Å². The highest BCUT2D eigenvalue weighted by molar-refractivity contribution is 6.25. The minimum atomic E-state index is -0.460. The number of alkyl halides is 1. The zero-order chi connectivity index (χ0) is 24.5. The first-order valence-corrected chi connectivity index (χ1v) is 13.1. The molecular weight excluding hydrogens is 416 g/mol. The van der Waals surface area contributed by atoms with E-state index in [-0.39, 0.29) is 11.5 Å². The van der Waals surface area contributed by atoms with Crippen LogP contribution in [0.25, 0.3) is 6.08 Å². The zero-order valence-corrected chi connectivity index (χ0v) is 22.8. The molecular formula is C29H49ClO2. The molecule has 0 fully saturated rings. The van der Waals surface area contributed by atoms with Crippen molar-refractivity contribution in [1.29, 1.82) is 0 Å². The van der Waals surface area contributed by atoms with E-state index in [9.17, 15) is 10.2 Å². The highest BCUT2D eigenvalue weighted by atomic mass is 35.5. The molecule has 0 aromatic heterocycles. The Kier molecular flexibility index (Phi) is 12.2. The summed E-state index contributed by atoms with van der Waals surface area (Å²) in [6.07, 6.45) is 15.1. The van der Waals surface area contributed by atoms with Crippen LogP contribution in [0.5, 0.6) is 11.5 Å². The second-order valence-corrected chi connectivity index (χ2v) is 11.8. The van der Waals surface area contributed by atoms with Gasteiger partial charge in [-0.3, -0.25) is 0 Å². The molecule has 2 nitrogen and oxygen atoms in total. The summed E-state index contributed by atoms with van der Waals surface area (Å²) in [6, 6.07) is 0. The summed E-state index contributed by atoms with van der Waals surface area (Å²) in [7, 11) is 0. The standard InChI is InChI=1S/C29H49ClO2/c1-20(2)12-9-13-21(3)14-10-15-22(4)16-11-18-29(8,30)19-17-26-25(7)27(31)23(5)24(6)28(26)32/h17,19-22,31-32H,9-16,18H2,1-8H3. The van der Waals surface area contributed by atoms with E-state index in [1.165, 1.54) is 44.9 Å². The molecule has 0 amide bonds. The molecule has 3 atom stereocenters. The second kappa shape index (κ2) is 13.5. The van der Waals surface area contributed by atoms with Crippen molar-refractivity contribution in [3.63, 3.8) is 0 Å². The first kappa shape index (κ1) is 28.9. The maximum atomic E-state index is 10.5. The van der Waals surface area contributed by atoms with E-state index >= 15 is 0 Å². The van der Waals surface area contributed by atoms with Crippen molar-refractivity contribution >= 4 is 17.7 Å². The van der Waals surface area contributed by atoms with Crippen LogP contribution in [0.3, 0.4) is 0 Å². The number of benzene rings is 1. The predicted molar refractivity (Wildman–Crippen MR) is 142 cm³/mol. The molecule has 0 saturated heterocycles. The van der Waals surface area contributed by atoms with Gasteiger partial charge in [0, 0.05) is 11.1 Å². The van der Waals surface area contributed by atoms with Gasteiger partial charge in [-0.2, -0.15) is 0 Å². The van der Waals surface area contributed by atoms with Crippen LogP contribution in [-0.2, 0) is 0 Å². The summed E-state index contributed by atoms with van der Waals surface area (Å²) in [6.45, 7) is 16.9. The van der Waals surface area contributed by atoms with Gasteiger partial charge in [-0.15, -0.1) is 11.6 Å². The molecule has 32 heavy (non-hydrogen) atoms. The van der Waals surface area contributed by atoms with Crippen LogP contribution in [0.2, 0.25) is 0 Å². The number of aromatic hydroxyl groups is 2. The van der Waals surface area contributed by atoms with Crippen LogP contribution in [0.1, 0.15) is 115 Å². The third-order valence-electron chi connectivity index (χ3n) is 7.12. The maximum absolute atomic E-state index is 10.5. The number of allylic oxidation sites excluding steroid dienone is 1. The molecule has 1 aromatic carbocycles. The topological polar surface area (TPSA) is 40.5 Å². The molecule has 0 heterocycles. The number of hydrogen-bond donors (Lipinski definition) is 2. The van der Waals surface area contributed by atoms with Gasteiger partial charge in [0.2, 0.25) is 0 Å². The van der Waals surface area contributed by atoms with Crippen molar-refractivity contribution in [2.75, 3.05) is 0 Å². The lowest BCUT2D eigenvalue weighted by Gasteiger charge is -2.20. The van der Waals surface area contributed by atoms with Crippen LogP contribution >= 0.6 is 11.6 Å². The Morgan fingerprint density at radius 3 is 1.75 bits per heavy atom.